The third-order valence-corrected chi connectivity index (χ3v) is 3.90. The Hall–Kier alpha value is -1.55. The van der Waals surface area contributed by atoms with Crippen molar-refractivity contribution in [3.05, 3.63) is 29.3 Å². The van der Waals surface area contributed by atoms with Crippen LogP contribution < -0.4 is 10.1 Å². The number of hydrogen-bond donors (Lipinski definition) is 2. The van der Waals surface area contributed by atoms with Gasteiger partial charge in [-0.3, -0.25) is 0 Å². The van der Waals surface area contributed by atoms with Crippen molar-refractivity contribution in [2.24, 2.45) is 0 Å². The molecule has 2 rings (SSSR count). The molecule has 2 atom stereocenters. The zero-order valence-electron chi connectivity index (χ0n) is 12.2. The lowest BCUT2D eigenvalue weighted by Gasteiger charge is -2.24. The van der Waals surface area contributed by atoms with Crippen LogP contribution in [-0.4, -0.2) is 30.3 Å². The molecule has 1 aromatic carbocycles. The van der Waals surface area contributed by atoms with E-state index < -0.39 is 12.1 Å². The molecule has 1 aliphatic heterocycles. The number of piperidine rings is 1. The van der Waals surface area contributed by atoms with Gasteiger partial charge in [0.1, 0.15) is 5.75 Å². The highest BCUT2D eigenvalue weighted by Crippen LogP contribution is 2.29. The van der Waals surface area contributed by atoms with Gasteiger partial charge in [0.2, 0.25) is 0 Å². The minimum absolute atomic E-state index is 0.462. The van der Waals surface area contributed by atoms with Gasteiger partial charge in [-0.05, 0) is 55.8 Å². The van der Waals surface area contributed by atoms with Crippen LogP contribution in [0.25, 0.3) is 0 Å². The molecule has 4 nitrogen and oxygen atoms in total. The van der Waals surface area contributed by atoms with Crippen LogP contribution in [0.1, 0.15) is 43.2 Å². The molecular weight excluding hydrogens is 254 g/mol. The van der Waals surface area contributed by atoms with Crippen LogP contribution in [-0.2, 0) is 4.79 Å². The number of aliphatic carboxylic acids is 1. The second-order valence-electron chi connectivity index (χ2n) is 5.42. The Bertz CT molecular complexity index is 467. The number of aryl methyl sites for hydroxylation is 1. The van der Waals surface area contributed by atoms with Gasteiger partial charge < -0.3 is 15.2 Å². The van der Waals surface area contributed by atoms with Gasteiger partial charge >= 0.3 is 5.97 Å². The zero-order valence-corrected chi connectivity index (χ0v) is 12.2. The minimum atomic E-state index is -0.906. The lowest BCUT2D eigenvalue weighted by Crippen LogP contribution is -2.28. The molecule has 1 heterocycles. The molecule has 0 spiro atoms. The topological polar surface area (TPSA) is 58.6 Å². The number of carboxylic acids is 1. The summed E-state index contributed by atoms with van der Waals surface area (Å²) in [6, 6.07) is 6.16. The Morgan fingerprint density at radius 2 is 2.35 bits per heavy atom. The SMILES string of the molecule is CCC(Oc1cc(C2CCCNC2)ccc1C)C(=O)O. The summed E-state index contributed by atoms with van der Waals surface area (Å²) in [5.41, 5.74) is 2.22. The zero-order chi connectivity index (χ0) is 14.5. The third-order valence-electron chi connectivity index (χ3n) is 3.90. The summed E-state index contributed by atoms with van der Waals surface area (Å²) < 4.78 is 5.67. The van der Waals surface area contributed by atoms with E-state index in [2.05, 4.69) is 11.4 Å². The van der Waals surface area contributed by atoms with Gasteiger partial charge in [-0.15, -0.1) is 0 Å². The van der Waals surface area contributed by atoms with Crippen molar-refractivity contribution in [1.29, 1.82) is 0 Å². The van der Waals surface area contributed by atoms with Crippen LogP contribution in [0.4, 0.5) is 0 Å². The van der Waals surface area contributed by atoms with E-state index in [0.29, 0.717) is 18.1 Å². The molecule has 0 bridgehead atoms. The summed E-state index contributed by atoms with van der Waals surface area (Å²) in [4.78, 5) is 11.1. The molecule has 1 aliphatic rings. The first-order valence-corrected chi connectivity index (χ1v) is 7.32. The average Bonchev–Trinajstić information content (AvgIpc) is 2.47. The second-order valence-corrected chi connectivity index (χ2v) is 5.42. The fraction of sp³-hybridized carbons (Fsp3) is 0.562. The number of rotatable bonds is 5. The Morgan fingerprint density at radius 3 is 2.95 bits per heavy atom. The molecule has 2 N–H and O–H groups in total. The van der Waals surface area contributed by atoms with Crippen molar-refractivity contribution < 1.29 is 14.6 Å². The molecule has 4 heteroatoms. The van der Waals surface area contributed by atoms with Crippen molar-refractivity contribution >= 4 is 5.97 Å². The maximum Gasteiger partial charge on any atom is 0.344 e. The second kappa shape index (κ2) is 6.75. The summed E-state index contributed by atoms with van der Waals surface area (Å²) in [6.07, 6.45) is 2.05. The minimum Gasteiger partial charge on any atom is -0.479 e. The van der Waals surface area contributed by atoms with E-state index in [4.69, 9.17) is 9.84 Å². The van der Waals surface area contributed by atoms with Crippen molar-refractivity contribution in [3.8, 4) is 5.75 Å². The highest BCUT2D eigenvalue weighted by atomic mass is 16.5. The molecule has 1 aromatic rings. The predicted molar refractivity (Wildman–Crippen MR) is 78.4 cm³/mol. The summed E-state index contributed by atoms with van der Waals surface area (Å²) in [5.74, 6) is 0.288. The van der Waals surface area contributed by atoms with Crippen molar-refractivity contribution in [2.45, 2.75) is 45.1 Å². The predicted octanol–water partition coefficient (Wildman–Crippen LogP) is 2.70. The first-order chi connectivity index (χ1) is 9.61. The first-order valence-electron chi connectivity index (χ1n) is 7.32. The number of benzene rings is 1. The number of carboxylic acid groups (broad SMARTS) is 1. The summed E-state index contributed by atoms with van der Waals surface area (Å²) in [5, 5.41) is 12.5. The van der Waals surface area contributed by atoms with Crippen LogP contribution in [0.5, 0.6) is 5.75 Å². The van der Waals surface area contributed by atoms with E-state index in [1.165, 1.54) is 18.4 Å². The molecule has 0 aliphatic carbocycles. The first kappa shape index (κ1) is 14.9. The lowest BCUT2D eigenvalue weighted by atomic mass is 9.91. The fourth-order valence-corrected chi connectivity index (χ4v) is 2.60. The van der Waals surface area contributed by atoms with Crippen LogP contribution in [0.3, 0.4) is 0 Å². The van der Waals surface area contributed by atoms with Crippen LogP contribution in [0.2, 0.25) is 0 Å². The van der Waals surface area contributed by atoms with Gasteiger partial charge in [0, 0.05) is 6.54 Å². The van der Waals surface area contributed by atoms with Crippen LogP contribution >= 0.6 is 0 Å². The smallest absolute Gasteiger partial charge is 0.344 e. The Labute approximate surface area is 120 Å². The molecule has 1 saturated heterocycles. The van der Waals surface area contributed by atoms with E-state index in [1.54, 1.807) is 0 Å². The van der Waals surface area contributed by atoms with Gasteiger partial charge in [-0.1, -0.05) is 19.1 Å². The number of hydrogen-bond acceptors (Lipinski definition) is 3. The van der Waals surface area contributed by atoms with E-state index >= 15 is 0 Å². The Balaban J connectivity index is 2.17. The van der Waals surface area contributed by atoms with Gasteiger partial charge in [-0.2, -0.15) is 0 Å². The van der Waals surface area contributed by atoms with Crippen molar-refractivity contribution in [1.82, 2.24) is 5.32 Å². The standard InChI is InChI=1S/C16H23NO3/c1-3-14(16(18)19)20-15-9-12(7-6-11(15)2)13-5-4-8-17-10-13/h6-7,9,13-14,17H,3-5,8,10H2,1-2H3,(H,18,19). The molecule has 1 fully saturated rings. The van der Waals surface area contributed by atoms with Crippen LogP contribution in [0.15, 0.2) is 18.2 Å². The molecular formula is C16H23NO3. The highest BCUT2D eigenvalue weighted by Gasteiger charge is 2.20. The molecule has 2 unspecified atom stereocenters. The van der Waals surface area contributed by atoms with Crippen molar-refractivity contribution in [3.63, 3.8) is 0 Å². The monoisotopic (exact) mass is 277 g/mol. The fourth-order valence-electron chi connectivity index (χ4n) is 2.60. The van der Waals surface area contributed by atoms with E-state index in [9.17, 15) is 4.79 Å². The van der Waals surface area contributed by atoms with Gasteiger partial charge in [-0.25, -0.2) is 4.79 Å². The lowest BCUT2D eigenvalue weighted by molar-refractivity contribution is -0.145. The largest absolute Gasteiger partial charge is 0.479 e. The number of nitrogens with one attached hydrogen (secondary N) is 1. The molecule has 0 radical (unpaired) electrons. The maximum atomic E-state index is 11.1. The Kier molecular flexibility index (Phi) is 5.01. The molecule has 20 heavy (non-hydrogen) atoms. The van der Waals surface area contributed by atoms with Gasteiger partial charge in [0.15, 0.2) is 6.10 Å². The Morgan fingerprint density at radius 1 is 1.55 bits per heavy atom. The maximum absolute atomic E-state index is 11.1. The van der Waals surface area contributed by atoms with E-state index in [-0.39, 0.29) is 0 Å². The van der Waals surface area contributed by atoms with Crippen molar-refractivity contribution in [2.75, 3.05) is 13.1 Å². The molecule has 0 amide bonds. The average molecular weight is 277 g/mol. The number of carbonyl (C=O) groups is 1. The molecule has 110 valence electrons. The summed E-state index contributed by atoms with van der Waals surface area (Å²) in [6.45, 7) is 5.84. The molecule has 0 saturated carbocycles. The quantitative estimate of drug-likeness (QED) is 0.869. The van der Waals surface area contributed by atoms with Gasteiger partial charge in [0.05, 0.1) is 0 Å². The highest BCUT2D eigenvalue weighted by molar-refractivity contribution is 5.72. The van der Waals surface area contributed by atoms with E-state index in [0.717, 1.165) is 18.7 Å². The third kappa shape index (κ3) is 3.51. The summed E-state index contributed by atoms with van der Waals surface area (Å²) >= 11 is 0. The summed E-state index contributed by atoms with van der Waals surface area (Å²) in [7, 11) is 0. The van der Waals surface area contributed by atoms with E-state index in [1.807, 2.05) is 26.0 Å². The number of ether oxygens (including phenoxy) is 1. The normalized spacial score (nSPS) is 20.4. The van der Waals surface area contributed by atoms with Gasteiger partial charge in [0.25, 0.3) is 0 Å². The van der Waals surface area contributed by atoms with Crippen LogP contribution in [0, 0.1) is 6.92 Å². The molecule has 0 aromatic heterocycles.